The van der Waals surface area contributed by atoms with Gasteiger partial charge in [-0.25, -0.2) is 4.68 Å². The highest BCUT2D eigenvalue weighted by Crippen LogP contribution is 2.61. The predicted octanol–water partition coefficient (Wildman–Crippen LogP) is 5.80. The first-order valence-corrected chi connectivity index (χ1v) is 13.9. The average Bonchev–Trinajstić information content (AvgIpc) is 3.44. The van der Waals surface area contributed by atoms with Crippen LogP contribution in [-0.2, 0) is 10.2 Å². The van der Waals surface area contributed by atoms with E-state index in [2.05, 4.69) is 46.4 Å². The minimum Gasteiger partial charge on any atom is -0.351 e. The lowest BCUT2D eigenvalue weighted by Gasteiger charge is -2.56. The first-order chi connectivity index (χ1) is 16.6. The van der Waals surface area contributed by atoms with Gasteiger partial charge in [-0.2, -0.15) is 10.1 Å². The molecule has 0 N–H and O–H groups in total. The molecule has 3 heterocycles. The third-order valence-electron chi connectivity index (χ3n) is 8.83. The van der Waals surface area contributed by atoms with E-state index in [4.69, 9.17) is 5.10 Å². The largest absolute Gasteiger partial charge is 0.351 e. The Kier molecular flexibility index (Phi) is 5.01. The quantitative estimate of drug-likeness (QED) is 0.530. The van der Waals surface area contributed by atoms with Crippen molar-refractivity contribution in [2.45, 2.75) is 63.2 Å². The van der Waals surface area contributed by atoms with E-state index in [9.17, 15) is 4.79 Å². The molecule has 2 aliphatic heterocycles. The number of aromatic nitrogens is 2. The van der Waals surface area contributed by atoms with E-state index in [1.807, 2.05) is 10.7 Å². The second kappa shape index (κ2) is 8.11. The van der Waals surface area contributed by atoms with Crippen molar-refractivity contribution in [3.05, 3.63) is 52.7 Å². The number of amidine groups is 1. The Bertz CT molecular complexity index is 1140. The van der Waals surface area contributed by atoms with Crippen LogP contribution in [0.15, 0.2) is 46.4 Å². The summed E-state index contributed by atoms with van der Waals surface area (Å²) in [7, 11) is 0. The Morgan fingerprint density at radius 3 is 2.29 bits per heavy atom. The Morgan fingerprint density at radius 1 is 0.941 bits per heavy atom. The van der Waals surface area contributed by atoms with E-state index >= 15 is 0 Å². The molecule has 2 aromatic rings. The number of hydrogen-bond acceptors (Lipinski definition) is 4. The number of para-hydroxylation sites is 1. The van der Waals surface area contributed by atoms with Crippen LogP contribution in [0.5, 0.6) is 0 Å². The third-order valence-corrected chi connectivity index (χ3v) is 9.87. The highest BCUT2D eigenvalue weighted by Gasteiger charge is 2.53. The molecule has 34 heavy (non-hydrogen) atoms. The SMILES string of the molecule is O=C1N=C(N2CCCCC2)SC1=Cc1cn(-c2ccccc2)nc1C12CC3CC(CC(C3)C1)C2. The van der Waals surface area contributed by atoms with Crippen LogP contribution >= 0.6 is 11.8 Å². The van der Waals surface area contributed by atoms with Crippen LogP contribution in [0.3, 0.4) is 0 Å². The molecular weight excluding hydrogens is 440 g/mol. The van der Waals surface area contributed by atoms with Crippen molar-refractivity contribution in [3.8, 4) is 5.69 Å². The number of piperidine rings is 1. The Hall–Kier alpha value is -2.34. The summed E-state index contributed by atoms with van der Waals surface area (Å²) in [5.74, 6) is 2.47. The van der Waals surface area contributed by atoms with Crippen LogP contribution in [0, 0.1) is 17.8 Å². The van der Waals surface area contributed by atoms with E-state index in [1.165, 1.54) is 63.5 Å². The number of aliphatic imine (C=N–C) groups is 1. The maximum absolute atomic E-state index is 12.9. The number of nitrogens with zero attached hydrogens (tertiary/aromatic N) is 4. The molecule has 0 atom stereocenters. The van der Waals surface area contributed by atoms with Gasteiger partial charge in [0.25, 0.3) is 5.91 Å². The highest BCUT2D eigenvalue weighted by molar-refractivity contribution is 8.18. The summed E-state index contributed by atoms with van der Waals surface area (Å²) in [5.41, 5.74) is 3.60. The molecule has 6 aliphatic rings. The van der Waals surface area contributed by atoms with Gasteiger partial charge in [0.05, 0.1) is 16.3 Å². The normalized spacial score (nSPS) is 33.7. The van der Waals surface area contributed by atoms with Crippen molar-refractivity contribution >= 4 is 28.9 Å². The molecule has 1 aromatic heterocycles. The van der Waals surface area contributed by atoms with Gasteiger partial charge in [0.2, 0.25) is 0 Å². The Labute approximate surface area is 205 Å². The highest BCUT2D eigenvalue weighted by atomic mass is 32.2. The lowest BCUT2D eigenvalue weighted by molar-refractivity contribution is -0.113. The summed E-state index contributed by atoms with van der Waals surface area (Å²) in [4.78, 5) is 20.4. The molecule has 4 saturated carbocycles. The van der Waals surface area contributed by atoms with E-state index < -0.39 is 0 Å². The van der Waals surface area contributed by atoms with Gasteiger partial charge in [-0.15, -0.1) is 0 Å². The summed E-state index contributed by atoms with van der Waals surface area (Å²) >= 11 is 1.56. The van der Waals surface area contributed by atoms with Crippen molar-refractivity contribution in [2.75, 3.05) is 13.1 Å². The second-order valence-electron chi connectivity index (χ2n) is 11.3. The average molecular weight is 473 g/mol. The molecule has 4 aliphatic carbocycles. The number of carbonyl (C=O) groups is 1. The topological polar surface area (TPSA) is 50.5 Å². The summed E-state index contributed by atoms with van der Waals surface area (Å²) in [6.07, 6.45) is 15.9. The molecule has 0 spiro atoms. The van der Waals surface area contributed by atoms with Crippen LogP contribution in [0.2, 0.25) is 0 Å². The Morgan fingerprint density at radius 2 is 1.62 bits per heavy atom. The van der Waals surface area contributed by atoms with Crippen molar-refractivity contribution in [1.82, 2.24) is 14.7 Å². The minimum atomic E-state index is -0.0884. The molecule has 1 amide bonds. The molecule has 0 unspecified atom stereocenters. The van der Waals surface area contributed by atoms with Gasteiger partial charge in [-0.3, -0.25) is 4.79 Å². The molecule has 0 radical (unpaired) electrons. The molecule has 176 valence electrons. The van der Waals surface area contributed by atoms with E-state index in [-0.39, 0.29) is 11.3 Å². The van der Waals surface area contributed by atoms with Crippen molar-refractivity contribution in [3.63, 3.8) is 0 Å². The third kappa shape index (κ3) is 3.57. The maximum Gasteiger partial charge on any atom is 0.286 e. The number of carbonyl (C=O) groups excluding carboxylic acids is 1. The fourth-order valence-electron chi connectivity index (χ4n) is 7.78. The maximum atomic E-state index is 12.9. The standard InChI is InChI=1S/C28H32N4OS/c33-26-24(34-27(29-26)31-9-5-2-6-10-31)14-22-18-32(23-7-3-1-4-8-23)30-25(22)28-15-19-11-20(16-28)13-21(12-19)17-28/h1,3-4,7-8,14,18-21H,2,5-6,9-13,15-17H2. The van der Waals surface area contributed by atoms with Gasteiger partial charge in [0, 0.05) is 30.3 Å². The number of rotatable bonds is 3. The molecular formula is C28H32N4OS. The summed E-state index contributed by atoms with van der Waals surface area (Å²) < 4.78 is 2.04. The minimum absolute atomic E-state index is 0.0884. The molecule has 8 rings (SSSR count). The van der Waals surface area contributed by atoms with Crippen LogP contribution in [0.4, 0.5) is 0 Å². The Balaban J connectivity index is 1.27. The molecule has 5 fully saturated rings. The zero-order valence-corrected chi connectivity index (χ0v) is 20.5. The zero-order chi connectivity index (χ0) is 22.7. The van der Waals surface area contributed by atoms with Crippen LogP contribution in [0.25, 0.3) is 11.8 Å². The van der Waals surface area contributed by atoms with Crippen molar-refractivity contribution < 1.29 is 4.79 Å². The monoisotopic (exact) mass is 472 g/mol. The number of amides is 1. The van der Waals surface area contributed by atoms with Crippen LogP contribution in [-0.4, -0.2) is 38.8 Å². The van der Waals surface area contributed by atoms with Gasteiger partial charge < -0.3 is 4.90 Å². The van der Waals surface area contributed by atoms with Crippen molar-refractivity contribution in [2.24, 2.45) is 22.7 Å². The lowest BCUT2D eigenvalue weighted by atomic mass is 9.48. The van der Waals surface area contributed by atoms with Crippen LogP contribution < -0.4 is 0 Å². The number of thioether (sulfide) groups is 1. The van der Waals surface area contributed by atoms with Crippen LogP contribution in [0.1, 0.15) is 69.0 Å². The van der Waals surface area contributed by atoms with E-state index in [0.717, 1.165) is 52.2 Å². The fourth-order valence-corrected chi connectivity index (χ4v) is 8.73. The number of hydrogen-bond donors (Lipinski definition) is 0. The van der Waals surface area contributed by atoms with E-state index in [0.29, 0.717) is 0 Å². The summed E-state index contributed by atoms with van der Waals surface area (Å²) in [6.45, 7) is 2.02. The molecule has 1 aromatic carbocycles. The van der Waals surface area contributed by atoms with Gasteiger partial charge >= 0.3 is 0 Å². The fraction of sp³-hybridized carbons (Fsp3) is 0.536. The van der Waals surface area contributed by atoms with Gasteiger partial charge in [0.15, 0.2) is 5.17 Å². The molecule has 4 bridgehead atoms. The predicted molar refractivity (Wildman–Crippen MR) is 137 cm³/mol. The first-order valence-electron chi connectivity index (χ1n) is 13.1. The first kappa shape index (κ1) is 21.0. The molecule has 6 heteroatoms. The summed E-state index contributed by atoms with van der Waals surface area (Å²) in [5, 5.41) is 6.14. The van der Waals surface area contributed by atoms with Gasteiger partial charge in [-0.05, 0) is 106 Å². The smallest absolute Gasteiger partial charge is 0.286 e. The van der Waals surface area contributed by atoms with E-state index in [1.54, 1.807) is 11.8 Å². The summed E-state index contributed by atoms with van der Waals surface area (Å²) in [6, 6.07) is 10.4. The van der Waals surface area contributed by atoms with Gasteiger partial charge in [0.1, 0.15) is 0 Å². The zero-order valence-electron chi connectivity index (χ0n) is 19.7. The lowest BCUT2D eigenvalue weighted by Crippen LogP contribution is -2.49. The van der Waals surface area contributed by atoms with Crippen molar-refractivity contribution in [1.29, 1.82) is 0 Å². The second-order valence-corrected chi connectivity index (χ2v) is 12.3. The number of benzene rings is 1. The molecule has 5 nitrogen and oxygen atoms in total. The number of likely N-dealkylation sites (tertiary alicyclic amines) is 1. The molecule has 1 saturated heterocycles. The van der Waals surface area contributed by atoms with Gasteiger partial charge in [-0.1, -0.05) is 18.2 Å².